The summed E-state index contributed by atoms with van der Waals surface area (Å²) in [6.07, 6.45) is 8.45. The Hall–Kier alpha value is -0.0800. The highest BCUT2D eigenvalue weighted by Gasteiger charge is 2.33. The lowest BCUT2D eigenvalue weighted by Crippen LogP contribution is -2.38. The van der Waals surface area contributed by atoms with Gasteiger partial charge in [0.2, 0.25) is 0 Å². The molecular formula is C14H28N2. The Bertz CT molecular complexity index is 191. The van der Waals surface area contributed by atoms with E-state index >= 15 is 0 Å². The molecule has 2 fully saturated rings. The van der Waals surface area contributed by atoms with Crippen LogP contribution in [0.25, 0.3) is 0 Å². The van der Waals surface area contributed by atoms with Gasteiger partial charge < -0.3 is 5.32 Å². The van der Waals surface area contributed by atoms with Crippen LogP contribution in [0.3, 0.4) is 0 Å². The molecule has 1 aliphatic heterocycles. The first-order valence-corrected chi connectivity index (χ1v) is 7.24. The molecule has 0 aromatic heterocycles. The summed E-state index contributed by atoms with van der Waals surface area (Å²) in [4.78, 5) is 2.84. The molecule has 1 N–H and O–H groups in total. The number of hydrogen-bond donors (Lipinski definition) is 1. The van der Waals surface area contributed by atoms with Gasteiger partial charge in [0.15, 0.2) is 0 Å². The first-order valence-electron chi connectivity index (χ1n) is 7.24. The molecule has 2 heteroatoms. The lowest BCUT2D eigenvalue weighted by atomic mass is 10.0. The molecule has 1 saturated carbocycles. The van der Waals surface area contributed by atoms with Crippen molar-refractivity contribution in [1.29, 1.82) is 0 Å². The van der Waals surface area contributed by atoms with Crippen molar-refractivity contribution in [2.24, 2.45) is 5.92 Å². The van der Waals surface area contributed by atoms with E-state index in [9.17, 15) is 0 Å². The Kier molecular flexibility index (Phi) is 4.66. The normalized spacial score (nSPS) is 27.4. The smallest absolute Gasteiger partial charge is 0.0111 e. The van der Waals surface area contributed by atoms with E-state index in [0.717, 1.165) is 18.0 Å². The molecule has 0 aromatic carbocycles. The van der Waals surface area contributed by atoms with Crippen LogP contribution in [0.1, 0.15) is 52.4 Å². The minimum absolute atomic E-state index is 0.852. The Morgan fingerprint density at radius 3 is 2.50 bits per heavy atom. The maximum atomic E-state index is 3.53. The molecular weight excluding hydrogens is 196 g/mol. The van der Waals surface area contributed by atoms with Crippen LogP contribution in [-0.2, 0) is 0 Å². The minimum atomic E-state index is 0.852. The topological polar surface area (TPSA) is 15.3 Å². The van der Waals surface area contributed by atoms with Crippen molar-refractivity contribution in [2.45, 2.75) is 64.5 Å². The standard InChI is InChI=1S/C14H28N2/c1-12(2)8-11-16(14-5-6-14)13-4-3-9-15-10-7-13/h12-15H,3-11H2,1-2H3. The average Bonchev–Trinajstić information content (AvgIpc) is 3.03. The van der Waals surface area contributed by atoms with Crippen LogP contribution in [0, 0.1) is 5.92 Å². The van der Waals surface area contributed by atoms with Crippen LogP contribution in [0.5, 0.6) is 0 Å². The highest BCUT2D eigenvalue weighted by molar-refractivity contribution is 4.89. The van der Waals surface area contributed by atoms with Crippen molar-refractivity contribution < 1.29 is 0 Å². The molecule has 2 nitrogen and oxygen atoms in total. The lowest BCUT2D eigenvalue weighted by molar-refractivity contribution is 0.163. The van der Waals surface area contributed by atoms with Gasteiger partial charge in [-0.1, -0.05) is 13.8 Å². The van der Waals surface area contributed by atoms with E-state index in [1.165, 1.54) is 58.2 Å². The number of rotatable bonds is 5. The molecule has 0 aromatic rings. The maximum Gasteiger partial charge on any atom is 0.0111 e. The molecule has 94 valence electrons. The van der Waals surface area contributed by atoms with Crippen molar-refractivity contribution in [2.75, 3.05) is 19.6 Å². The minimum Gasteiger partial charge on any atom is -0.317 e. The Morgan fingerprint density at radius 2 is 1.81 bits per heavy atom. The fourth-order valence-electron chi connectivity index (χ4n) is 2.81. The fourth-order valence-corrected chi connectivity index (χ4v) is 2.81. The van der Waals surface area contributed by atoms with Gasteiger partial charge in [0, 0.05) is 12.1 Å². The van der Waals surface area contributed by atoms with Gasteiger partial charge in [-0.05, 0) is 64.1 Å². The van der Waals surface area contributed by atoms with E-state index in [1.807, 2.05) is 0 Å². The molecule has 16 heavy (non-hydrogen) atoms. The summed E-state index contributed by atoms with van der Waals surface area (Å²) in [7, 11) is 0. The summed E-state index contributed by atoms with van der Waals surface area (Å²) >= 11 is 0. The van der Waals surface area contributed by atoms with E-state index in [4.69, 9.17) is 0 Å². The SMILES string of the molecule is CC(C)CCN(C1CCCNCC1)C1CC1. The fraction of sp³-hybridized carbons (Fsp3) is 1.00. The average molecular weight is 224 g/mol. The van der Waals surface area contributed by atoms with E-state index in [2.05, 4.69) is 24.1 Å². The molecule has 0 amide bonds. The first-order chi connectivity index (χ1) is 7.77. The van der Waals surface area contributed by atoms with E-state index < -0.39 is 0 Å². The van der Waals surface area contributed by atoms with Crippen LogP contribution in [0.2, 0.25) is 0 Å². The second-order valence-corrected chi connectivity index (χ2v) is 5.99. The van der Waals surface area contributed by atoms with Crippen molar-refractivity contribution in [3.05, 3.63) is 0 Å². The van der Waals surface area contributed by atoms with Crippen LogP contribution in [0.4, 0.5) is 0 Å². The Labute approximate surface area is 101 Å². The zero-order valence-corrected chi connectivity index (χ0v) is 11.0. The van der Waals surface area contributed by atoms with E-state index in [0.29, 0.717) is 0 Å². The summed E-state index contributed by atoms with van der Waals surface area (Å²) < 4.78 is 0. The molecule has 2 rings (SSSR count). The van der Waals surface area contributed by atoms with Gasteiger partial charge in [0.25, 0.3) is 0 Å². The molecule has 0 spiro atoms. The summed E-state index contributed by atoms with van der Waals surface area (Å²) in [5, 5.41) is 3.53. The molecule has 1 aliphatic carbocycles. The molecule has 1 heterocycles. The summed E-state index contributed by atoms with van der Waals surface area (Å²) in [5.41, 5.74) is 0. The number of nitrogens with zero attached hydrogens (tertiary/aromatic N) is 1. The quantitative estimate of drug-likeness (QED) is 0.772. The third kappa shape index (κ3) is 3.74. The van der Waals surface area contributed by atoms with Crippen molar-refractivity contribution >= 4 is 0 Å². The predicted molar refractivity (Wildman–Crippen MR) is 69.7 cm³/mol. The van der Waals surface area contributed by atoms with Crippen LogP contribution in [-0.4, -0.2) is 36.6 Å². The molecule has 1 atom stereocenters. The van der Waals surface area contributed by atoms with Crippen molar-refractivity contribution in [1.82, 2.24) is 10.2 Å². The first kappa shape index (κ1) is 12.4. The van der Waals surface area contributed by atoms with Crippen LogP contribution >= 0.6 is 0 Å². The van der Waals surface area contributed by atoms with Crippen LogP contribution < -0.4 is 5.32 Å². The Balaban J connectivity index is 1.84. The van der Waals surface area contributed by atoms with E-state index in [-0.39, 0.29) is 0 Å². The zero-order chi connectivity index (χ0) is 11.4. The third-order valence-electron chi connectivity index (χ3n) is 3.99. The molecule has 0 bridgehead atoms. The van der Waals surface area contributed by atoms with E-state index in [1.54, 1.807) is 0 Å². The summed E-state index contributed by atoms with van der Waals surface area (Å²) in [6, 6.07) is 1.82. The number of nitrogens with one attached hydrogen (secondary N) is 1. The molecule has 1 unspecified atom stereocenters. The number of hydrogen-bond acceptors (Lipinski definition) is 2. The van der Waals surface area contributed by atoms with Gasteiger partial charge in [0.05, 0.1) is 0 Å². The maximum absolute atomic E-state index is 3.53. The van der Waals surface area contributed by atoms with Gasteiger partial charge in [-0.2, -0.15) is 0 Å². The van der Waals surface area contributed by atoms with Crippen molar-refractivity contribution in [3.63, 3.8) is 0 Å². The van der Waals surface area contributed by atoms with Gasteiger partial charge in [-0.25, -0.2) is 0 Å². The molecule has 0 radical (unpaired) electrons. The molecule has 2 aliphatic rings. The molecule has 1 saturated heterocycles. The van der Waals surface area contributed by atoms with Gasteiger partial charge >= 0.3 is 0 Å². The third-order valence-corrected chi connectivity index (χ3v) is 3.99. The zero-order valence-electron chi connectivity index (χ0n) is 11.0. The van der Waals surface area contributed by atoms with Gasteiger partial charge in [0.1, 0.15) is 0 Å². The van der Waals surface area contributed by atoms with Crippen molar-refractivity contribution in [3.8, 4) is 0 Å². The monoisotopic (exact) mass is 224 g/mol. The lowest BCUT2D eigenvalue weighted by Gasteiger charge is -2.31. The second-order valence-electron chi connectivity index (χ2n) is 5.99. The van der Waals surface area contributed by atoms with Gasteiger partial charge in [-0.15, -0.1) is 0 Å². The highest BCUT2D eigenvalue weighted by Crippen LogP contribution is 2.31. The Morgan fingerprint density at radius 1 is 1.06 bits per heavy atom. The summed E-state index contributed by atoms with van der Waals surface area (Å²) in [6.45, 7) is 8.50. The summed E-state index contributed by atoms with van der Waals surface area (Å²) in [5.74, 6) is 0.852. The predicted octanol–water partition coefficient (Wildman–Crippen LogP) is 2.64. The van der Waals surface area contributed by atoms with Gasteiger partial charge in [-0.3, -0.25) is 4.90 Å². The van der Waals surface area contributed by atoms with Crippen LogP contribution in [0.15, 0.2) is 0 Å². The largest absolute Gasteiger partial charge is 0.317 e. The highest BCUT2D eigenvalue weighted by atomic mass is 15.2. The second kappa shape index (κ2) is 6.02.